The second-order valence-electron chi connectivity index (χ2n) is 2.35. The van der Waals surface area contributed by atoms with Crippen molar-refractivity contribution in [1.29, 1.82) is 0 Å². The van der Waals surface area contributed by atoms with Gasteiger partial charge in [-0.3, -0.25) is 4.52 Å². The zero-order chi connectivity index (χ0) is 9.45. The third kappa shape index (κ3) is 8.01. The van der Waals surface area contributed by atoms with E-state index in [4.69, 9.17) is 9.47 Å². The predicted octanol–water partition coefficient (Wildman–Crippen LogP) is -0.885. The van der Waals surface area contributed by atoms with Gasteiger partial charge in [-0.05, 0) is 20.8 Å². The van der Waals surface area contributed by atoms with E-state index in [1.54, 1.807) is 6.92 Å². The zero-order valence-corrected chi connectivity index (χ0v) is 11.6. The summed E-state index contributed by atoms with van der Waals surface area (Å²) < 4.78 is 25.3. The van der Waals surface area contributed by atoms with Gasteiger partial charge in [0.25, 0.3) is 0 Å². The largest absolute Gasteiger partial charge is 1.00 e. The van der Waals surface area contributed by atoms with Crippen molar-refractivity contribution in [2.24, 2.45) is 0 Å². The molecule has 6 heteroatoms. The van der Waals surface area contributed by atoms with Crippen molar-refractivity contribution in [3.63, 3.8) is 0 Å². The Kier molecular flexibility index (Phi) is 12.0. The predicted molar refractivity (Wildman–Crippen MR) is 46.3 cm³/mol. The van der Waals surface area contributed by atoms with E-state index in [2.05, 4.69) is 4.52 Å². The molecular weight excluding hydrogens is 202 g/mol. The van der Waals surface area contributed by atoms with Crippen LogP contribution >= 0.6 is 8.69 Å². The van der Waals surface area contributed by atoms with Gasteiger partial charge in [-0.25, -0.2) is 4.57 Å². The summed E-state index contributed by atoms with van der Waals surface area (Å²) in [7, 11) is -0.350. The number of ether oxygens (including phenoxy) is 2. The Bertz CT molecular complexity index is 133. The molecule has 0 rings (SSSR count). The van der Waals surface area contributed by atoms with Crippen LogP contribution in [0, 0.1) is 0 Å². The van der Waals surface area contributed by atoms with E-state index in [-0.39, 0.29) is 46.3 Å². The van der Waals surface area contributed by atoms with Gasteiger partial charge in [-0.2, -0.15) is 0 Å². The average Bonchev–Trinajstić information content (AvgIpc) is 2.02. The van der Waals surface area contributed by atoms with Crippen molar-refractivity contribution >= 4 is 8.69 Å². The van der Waals surface area contributed by atoms with Gasteiger partial charge in [0.15, 0.2) is 5.79 Å². The molecule has 0 bridgehead atoms. The fourth-order valence-electron chi connectivity index (χ4n) is 0.879. The summed E-state index contributed by atoms with van der Waals surface area (Å²) in [6.07, 6.45) is 0. The number of hydrogen-bond donors (Lipinski definition) is 0. The first-order chi connectivity index (χ1) is 5.68. The van der Waals surface area contributed by atoms with E-state index < -0.39 is 5.79 Å². The van der Waals surface area contributed by atoms with Crippen LogP contribution in [0.3, 0.4) is 0 Å². The van der Waals surface area contributed by atoms with Gasteiger partial charge in [0.05, 0.1) is 0 Å². The molecule has 0 saturated carbocycles. The Morgan fingerprint density at radius 1 is 1.31 bits per heavy atom. The van der Waals surface area contributed by atoms with Gasteiger partial charge in [-0.1, -0.05) is 0 Å². The third-order valence-corrected chi connectivity index (χ3v) is 1.51. The van der Waals surface area contributed by atoms with Crippen LogP contribution in [-0.4, -0.2) is 25.6 Å². The SMILES string of the molecule is CCOC(C)(COP=O)OCC.[H-].[Na+]. The van der Waals surface area contributed by atoms with Crippen molar-refractivity contribution in [2.45, 2.75) is 26.6 Å². The maximum Gasteiger partial charge on any atom is 1.00 e. The van der Waals surface area contributed by atoms with Crippen LogP contribution in [0.1, 0.15) is 22.2 Å². The van der Waals surface area contributed by atoms with Crippen molar-refractivity contribution in [1.82, 2.24) is 0 Å². The molecule has 0 aliphatic heterocycles. The van der Waals surface area contributed by atoms with Gasteiger partial charge >= 0.3 is 38.2 Å². The summed E-state index contributed by atoms with van der Waals surface area (Å²) in [5.41, 5.74) is 0. The van der Waals surface area contributed by atoms with Gasteiger partial charge < -0.3 is 10.9 Å². The maximum absolute atomic E-state index is 10.0. The van der Waals surface area contributed by atoms with E-state index in [1.807, 2.05) is 13.8 Å². The van der Waals surface area contributed by atoms with Crippen LogP contribution in [0.15, 0.2) is 0 Å². The minimum absolute atomic E-state index is 0. The third-order valence-electron chi connectivity index (χ3n) is 1.28. The molecule has 0 heterocycles. The molecule has 0 aliphatic carbocycles. The van der Waals surface area contributed by atoms with Crippen molar-refractivity contribution in [3.8, 4) is 0 Å². The molecule has 13 heavy (non-hydrogen) atoms. The molecule has 0 spiro atoms. The Balaban J connectivity index is -0.000000605. The number of rotatable bonds is 7. The topological polar surface area (TPSA) is 44.8 Å². The van der Waals surface area contributed by atoms with Gasteiger partial charge in [0.2, 0.25) is 0 Å². The van der Waals surface area contributed by atoms with Gasteiger partial charge in [0.1, 0.15) is 6.61 Å². The summed E-state index contributed by atoms with van der Waals surface area (Å²) in [6, 6.07) is 0. The zero-order valence-electron chi connectivity index (χ0n) is 9.70. The molecule has 0 radical (unpaired) electrons. The van der Waals surface area contributed by atoms with Crippen LogP contribution in [0.4, 0.5) is 0 Å². The smallest absolute Gasteiger partial charge is 1.00 e. The Morgan fingerprint density at radius 3 is 2.08 bits per heavy atom. The molecule has 0 saturated heterocycles. The Morgan fingerprint density at radius 2 is 1.77 bits per heavy atom. The minimum Gasteiger partial charge on any atom is -1.00 e. The second-order valence-corrected chi connectivity index (χ2v) is 2.76. The summed E-state index contributed by atoms with van der Waals surface area (Å²) in [4.78, 5) is 0. The molecule has 0 atom stereocenters. The average molecular weight is 218 g/mol. The monoisotopic (exact) mass is 218 g/mol. The molecule has 0 aromatic carbocycles. The molecule has 4 nitrogen and oxygen atoms in total. The van der Waals surface area contributed by atoms with E-state index in [0.717, 1.165) is 0 Å². The first-order valence-corrected chi connectivity index (χ1v) is 4.64. The van der Waals surface area contributed by atoms with E-state index in [0.29, 0.717) is 13.2 Å². The van der Waals surface area contributed by atoms with E-state index in [9.17, 15) is 4.57 Å². The van der Waals surface area contributed by atoms with Crippen LogP contribution in [-0.2, 0) is 18.6 Å². The summed E-state index contributed by atoms with van der Waals surface area (Å²) in [6.45, 7) is 6.73. The summed E-state index contributed by atoms with van der Waals surface area (Å²) in [5, 5.41) is 0. The van der Waals surface area contributed by atoms with Crippen LogP contribution in [0.2, 0.25) is 0 Å². The van der Waals surface area contributed by atoms with Crippen molar-refractivity contribution in [3.05, 3.63) is 0 Å². The molecule has 0 unspecified atom stereocenters. The molecule has 0 aromatic heterocycles. The van der Waals surface area contributed by atoms with Gasteiger partial charge in [0, 0.05) is 13.2 Å². The summed E-state index contributed by atoms with van der Waals surface area (Å²) >= 11 is 0. The maximum atomic E-state index is 10.0. The van der Waals surface area contributed by atoms with Crippen molar-refractivity contribution < 1.29 is 49.5 Å². The van der Waals surface area contributed by atoms with Crippen LogP contribution < -0.4 is 29.6 Å². The van der Waals surface area contributed by atoms with Crippen LogP contribution in [0.5, 0.6) is 0 Å². The molecule has 74 valence electrons. The van der Waals surface area contributed by atoms with E-state index in [1.165, 1.54) is 0 Å². The Hall–Kier alpha value is 0.980. The fourth-order valence-corrected chi connectivity index (χ4v) is 1.17. The fraction of sp³-hybridized carbons (Fsp3) is 1.00. The van der Waals surface area contributed by atoms with E-state index >= 15 is 0 Å². The minimum atomic E-state index is -0.777. The molecular formula is C7H16NaO4P. The quantitative estimate of drug-likeness (QED) is 0.316. The first-order valence-electron chi connectivity index (χ1n) is 3.91. The summed E-state index contributed by atoms with van der Waals surface area (Å²) in [5.74, 6) is -0.777. The molecule has 0 aromatic rings. The van der Waals surface area contributed by atoms with Crippen molar-refractivity contribution in [2.75, 3.05) is 19.8 Å². The number of hydrogen-bond acceptors (Lipinski definition) is 4. The van der Waals surface area contributed by atoms with Crippen LogP contribution in [0.25, 0.3) is 0 Å². The standard InChI is InChI=1S/C7H15O4P.Na.H/c1-4-9-7(3,10-5-2)6-11-12-8;;/h4-6H2,1-3H3;;/q;+1;-1. The second kappa shape index (κ2) is 9.53. The van der Waals surface area contributed by atoms with Gasteiger partial charge in [-0.15, -0.1) is 0 Å². The molecule has 0 aliphatic rings. The first kappa shape index (κ1) is 16.4. The normalized spacial score (nSPS) is 11.3. The molecule has 0 fully saturated rings. The Labute approximate surface area is 104 Å². The molecule has 0 amide bonds. The molecule has 0 N–H and O–H groups in total.